The number of hydrogen-bond acceptors (Lipinski definition) is 2. The lowest BCUT2D eigenvalue weighted by Crippen LogP contribution is -2.46. The van der Waals surface area contributed by atoms with Crippen LogP contribution in [0.4, 0.5) is 0 Å². The van der Waals surface area contributed by atoms with E-state index in [0.29, 0.717) is 5.92 Å². The highest BCUT2D eigenvalue weighted by atomic mass is 35.5. The molecule has 0 radical (unpaired) electrons. The Balaban J connectivity index is 2.02. The van der Waals surface area contributed by atoms with E-state index in [0.717, 1.165) is 23.7 Å². The molecular formula is C19H22ClNO. The van der Waals surface area contributed by atoms with Crippen LogP contribution in [0.2, 0.25) is 5.02 Å². The summed E-state index contributed by atoms with van der Waals surface area (Å²) in [5.41, 5.74) is 2.37. The summed E-state index contributed by atoms with van der Waals surface area (Å²) in [5, 5.41) is 0.778. The van der Waals surface area contributed by atoms with Crippen LogP contribution in [0.25, 0.3) is 0 Å². The zero-order valence-corrected chi connectivity index (χ0v) is 14.1. The molecule has 0 aromatic heterocycles. The first kappa shape index (κ1) is 15.4. The minimum atomic E-state index is -0.192. The third-order valence-electron chi connectivity index (χ3n) is 4.21. The Kier molecular flexibility index (Phi) is 4.16. The number of rotatable bonds is 3. The van der Waals surface area contributed by atoms with Gasteiger partial charge in [0.25, 0.3) is 0 Å². The highest BCUT2D eigenvalue weighted by Gasteiger charge is 2.38. The number of halogens is 1. The fraction of sp³-hybridized carbons (Fsp3) is 0.368. The van der Waals surface area contributed by atoms with Gasteiger partial charge < -0.3 is 9.64 Å². The van der Waals surface area contributed by atoms with Gasteiger partial charge in [-0.05, 0) is 51.2 Å². The summed E-state index contributed by atoms with van der Waals surface area (Å²) in [7, 11) is 4.18. The van der Waals surface area contributed by atoms with Crippen molar-refractivity contribution in [3.8, 4) is 5.75 Å². The molecule has 0 saturated heterocycles. The Morgan fingerprint density at radius 1 is 1.14 bits per heavy atom. The zero-order valence-electron chi connectivity index (χ0n) is 13.3. The molecule has 1 aliphatic heterocycles. The molecule has 2 unspecified atom stereocenters. The Morgan fingerprint density at radius 3 is 2.50 bits per heavy atom. The first-order valence-electron chi connectivity index (χ1n) is 7.65. The van der Waals surface area contributed by atoms with Crippen LogP contribution >= 0.6 is 11.6 Å². The van der Waals surface area contributed by atoms with E-state index < -0.39 is 0 Å². The van der Waals surface area contributed by atoms with Crippen molar-refractivity contribution in [2.75, 3.05) is 20.6 Å². The summed E-state index contributed by atoms with van der Waals surface area (Å²) in [4.78, 5) is 2.19. The predicted octanol–water partition coefficient (Wildman–Crippen LogP) is 4.57. The molecule has 2 nitrogen and oxygen atoms in total. The van der Waals surface area contributed by atoms with Crippen LogP contribution < -0.4 is 4.74 Å². The number of ether oxygens (including phenoxy) is 1. The molecule has 2 aromatic rings. The largest absolute Gasteiger partial charge is 0.486 e. The Labute approximate surface area is 137 Å². The number of benzene rings is 2. The van der Waals surface area contributed by atoms with Gasteiger partial charge >= 0.3 is 0 Å². The predicted molar refractivity (Wildman–Crippen MR) is 91.9 cm³/mol. The van der Waals surface area contributed by atoms with E-state index >= 15 is 0 Å². The molecule has 0 fully saturated rings. The summed E-state index contributed by atoms with van der Waals surface area (Å²) in [6, 6.07) is 16.6. The maximum Gasteiger partial charge on any atom is 0.124 e. The number of nitrogens with zero attached hydrogens (tertiary/aromatic N) is 1. The molecular weight excluding hydrogens is 294 g/mol. The van der Waals surface area contributed by atoms with E-state index in [9.17, 15) is 0 Å². The van der Waals surface area contributed by atoms with Gasteiger partial charge in [0.1, 0.15) is 11.4 Å². The van der Waals surface area contributed by atoms with Gasteiger partial charge in [0.2, 0.25) is 0 Å². The molecule has 0 bridgehead atoms. The lowest BCUT2D eigenvalue weighted by atomic mass is 9.79. The van der Waals surface area contributed by atoms with Gasteiger partial charge in [0.05, 0.1) is 0 Å². The zero-order chi connectivity index (χ0) is 15.7. The Hall–Kier alpha value is -1.51. The molecule has 0 spiro atoms. The molecule has 1 aliphatic rings. The molecule has 1 heterocycles. The van der Waals surface area contributed by atoms with Crippen molar-refractivity contribution in [1.29, 1.82) is 0 Å². The molecule has 0 saturated carbocycles. The summed E-state index contributed by atoms with van der Waals surface area (Å²) < 4.78 is 6.34. The summed E-state index contributed by atoms with van der Waals surface area (Å²) in [6.45, 7) is 3.09. The summed E-state index contributed by atoms with van der Waals surface area (Å²) in [5.74, 6) is 1.34. The first-order chi connectivity index (χ1) is 10.5. The molecule has 0 aliphatic carbocycles. The maximum atomic E-state index is 6.34. The standard InChI is InChI=1S/C19H22ClNO/c1-19(13-21(2)3)12-17(14-8-10-15(20)11-9-14)16-6-4-5-7-18(16)22-19/h4-11,17H,12-13H2,1-3H3. The summed E-state index contributed by atoms with van der Waals surface area (Å²) in [6.07, 6.45) is 0.962. The van der Waals surface area contributed by atoms with E-state index in [1.165, 1.54) is 11.1 Å². The molecule has 2 atom stereocenters. The second-order valence-electron chi connectivity index (χ2n) is 6.64. The molecule has 2 aromatic carbocycles. The third kappa shape index (κ3) is 3.13. The second kappa shape index (κ2) is 5.94. The van der Waals surface area contributed by atoms with Gasteiger partial charge in [-0.15, -0.1) is 0 Å². The van der Waals surface area contributed by atoms with Gasteiger partial charge in [0.15, 0.2) is 0 Å². The van der Waals surface area contributed by atoms with E-state index in [-0.39, 0.29) is 5.60 Å². The first-order valence-corrected chi connectivity index (χ1v) is 8.03. The van der Waals surface area contributed by atoms with E-state index in [4.69, 9.17) is 16.3 Å². The van der Waals surface area contributed by atoms with Gasteiger partial charge in [-0.2, -0.15) is 0 Å². The van der Waals surface area contributed by atoms with Crippen LogP contribution in [-0.4, -0.2) is 31.1 Å². The SMILES string of the molecule is CN(C)CC1(C)CC(c2ccc(Cl)cc2)c2ccccc2O1. The highest BCUT2D eigenvalue weighted by Crippen LogP contribution is 2.44. The number of hydrogen-bond donors (Lipinski definition) is 0. The average Bonchev–Trinajstić information content (AvgIpc) is 2.46. The van der Waals surface area contributed by atoms with Crippen molar-refractivity contribution in [2.45, 2.75) is 24.9 Å². The van der Waals surface area contributed by atoms with Crippen LogP contribution in [0.15, 0.2) is 48.5 Å². The quantitative estimate of drug-likeness (QED) is 0.822. The van der Waals surface area contributed by atoms with Gasteiger partial charge in [-0.3, -0.25) is 0 Å². The average molecular weight is 316 g/mol. The number of para-hydroxylation sites is 1. The molecule has 0 N–H and O–H groups in total. The molecule has 3 heteroatoms. The van der Waals surface area contributed by atoms with Crippen LogP contribution in [0.5, 0.6) is 5.75 Å². The minimum Gasteiger partial charge on any atom is -0.486 e. The van der Waals surface area contributed by atoms with E-state index in [2.05, 4.69) is 56.3 Å². The normalized spacial score (nSPS) is 24.0. The monoisotopic (exact) mass is 315 g/mol. The molecule has 3 rings (SSSR count). The lowest BCUT2D eigenvalue weighted by molar-refractivity contribution is 0.0333. The Bertz CT molecular complexity index is 653. The summed E-state index contributed by atoms with van der Waals surface area (Å²) >= 11 is 6.04. The van der Waals surface area contributed by atoms with Crippen molar-refractivity contribution in [1.82, 2.24) is 4.90 Å². The van der Waals surface area contributed by atoms with Crippen molar-refractivity contribution in [2.24, 2.45) is 0 Å². The Morgan fingerprint density at radius 2 is 1.82 bits per heavy atom. The van der Waals surface area contributed by atoms with Crippen LogP contribution in [-0.2, 0) is 0 Å². The molecule has 0 amide bonds. The molecule has 22 heavy (non-hydrogen) atoms. The molecule has 116 valence electrons. The van der Waals surface area contributed by atoms with Crippen LogP contribution in [0.1, 0.15) is 30.4 Å². The van der Waals surface area contributed by atoms with Crippen LogP contribution in [0, 0.1) is 0 Å². The van der Waals surface area contributed by atoms with Gasteiger partial charge in [-0.1, -0.05) is 41.9 Å². The van der Waals surface area contributed by atoms with Gasteiger partial charge in [0, 0.05) is 23.0 Å². The second-order valence-corrected chi connectivity index (χ2v) is 7.07. The minimum absolute atomic E-state index is 0.192. The van der Waals surface area contributed by atoms with Crippen molar-refractivity contribution in [3.63, 3.8) is 0 Å². The maximum absolute atomic E-state index is 6.34. The smallest absolute Gasteiger partial charge is 0.124 e. The fourth-order valence-corrected chi connectivity index (χ4v) is 3.59. The van der Waals surface area contributed by atoms with Crippen molar-refractivity contribution < 1.29 is 4.74 Å². The number of fused-ring (bicyclic) bond motifs is 1. The van der Waals surface area contributed by atoms with Gasteiger partial charge in [-0.25, -0.2) is 0 Å². The van der Waals surface area contributed by atoms with Crippen LogP contribution in [0.3, 0.4) is 0 Å². The third-order valence-corrected chi connectivity index (χ3v) is 4.46. The van der Waals surface area contributed by atoms with E-state index in [1.54, 1.807) is 0 Å². The van der Waals surface area contributed by atoms with Crippen molar-refractivity contribution >= 4 is 11.6 Å². The fourth-order valence-electron chi connectivity index (χ4n) is 3.47. The lowest BCUT2D eigenvalue weighted by Gasteiger charge is -2.41. The van der Waals surface area contributed by atoms with Crippen molar-refractivity contribution in [3.05, 3.63) is 64.7 Å². The highest BCUT2D eigenvalue weighted by molar-refractivity contribution is 6.30. The number of likely N-dealkylation sites (N-methyl/N-ethyl adjacent to an activating group) is 1. The topological polar surface area (TPSA) is 12.5 Å². The van der Waals surface area contributed by atoms with E-state index in [1.807, 2.05) is 18.2 Å².